The first kappa shape index (κ1) is 12.7. The summed E-state index contributed by atoms with van der Waals surface area (Å²) in [5, 5.41) is 2.88. The lowest BCUT2D eigenvalue weighted by molar-refractivity contribution is 0.0967. The van der Waals surface area contributed by atoms with Gasteiger partial charge in [0.25, 0.3) is 5.91 Å². The molecule has 1 aromatic heterocycles. The average Bonchev–Trinajstić information content (AvgIpc) is 3.23. The van der Waals surface area contributed by atoms with Crippen LogP contribution in [0.1, 0.15) is 29.2 Å². The molecule has 0 unspecified atom stereocenters. The third-order valence-electron chi connectivity index (χ3n) is 3.34. The molecule has 97 valence electrons. The Morgan fingerprint density at radius 1 is 1.42 bits per heavy atom. The number of aromatic nitrogens is 1. The quantitative estimate of drug-likeness (QED) is 0.830. The van der Waals surface area contributed by atoms with Gasteiger partial charge in [0.15, 0.2) is 0 Å². The van der Waals surface area contributed by atoms with Gasteiger partial charge in [-0.3, -0.25) is 9.59 Å². The van der Waals surface area contributed by atoms with Crippen LogP contribution in [0.3, 0.4) is 0 Å². The summed E-state index contributed by atoms with van der Waals surface area (Å²) >= 11 is 2.17. The minimum Gasteiger partial charge on any atom is -0.350 e. The number of carbonyl (C=O) groups excluding carboxylic acids is 1. The lowest BCUT2D eigenvalue weighted by atomic mass is 10.1. The maximum atomic E-state index is 12.4. The van der Waals surface area contributed by atoms with Gasteiger partial charge in [-0.15, -0.1) is 0 Å². The van der Waals surface area contributed by atoms with Crippen molar-refractivity contribution in [1.82, 2.24) is 9.88 Å². The van der Waals surface area contributed by atoms with E-state index < -0.39 is 5.91 Å². The number of nitrogens with zero attached hydrogens (tertiary/aromatic N) is 1. The molecule has 0 spiro atoms. The lowest BCUT2D eigenvalue weighted by Crippen LogP contribution is -2.26. The Hall–Kier alpha value is -1.37. The summed E-state index contributed by atoms with van der Waals surface area (Å²) in [6, 6.07) is 6.15. The number of carbonyl (C=O) groups is 1. The molecule has 1 saturated carbocycles. The summed E-state index contributed by atoms with van der Waals surface area (Å²) in [6.07, 6.45) is 3.85. The minimum atomic E-state index is -0.430. The average molecular weight is 367 g/mol. The molecule has 0 saturated heterocycles. The molecule has 2 aromatic rings. The highest BCUT2D eigenvalue weighted by atomic mass is 127. The molecule has 1 fully saturated rings. The van der Waals surface area contributed by atoms with E-state index in [1.54, 1.807) is 6.20 Å². The number of halogens is 1. The predicted octanol–water partition coefficient (Wildman–Crippen LogP) is 2.46. The number of fused-ring (bicyclic) bond motifs is 1. The lowest BCUT2D eigenvalue weighted by Gasteiger charge is -2.12. The van der Waals surface area contributed by atoms with Crippen molar-refractivity contribution in [1.29, 1.82) is 0 Å². The fraction of sp³-hybridized carbons (Fsp3) is 0.214. The smallest absolute Gasteiger partial charge is 0.256 e. The monoisotopic (exact) mass is 367 g/mol. The summed E-state index contributed by atoms with van der Waals surface area (Å²) in [6.45, 7) is 0. The molecule has 4 nitrogen and oxygen atoms in total. The minimum absolute atomic E-state index is 0.163. The molecular weight excluding hydrogens is 355 g/mol. The molecule has 1 aromatic carbocycles. The maximum absolute atomic E-state index is 12.4. The topological polar surface area (TPSA) is 51.1 Å². The van der Waals surface area contributed by atoms with E-state index in [1.807, 2.05) is 22.8 Å². The molecular formula is C14H12IN2O2. The van der Waals surface area contributed by atoms with E-state index in [-0.39, 0.29) is 11.0 Å². The molecule has 3 rings (SSSR count). The van der Waals surface area contributed by atoms with Crippen LogP contribution < -0.4 is 10.7 Å². The highest BCUT2D eigenvalue weighted by Crippen LogP contribution is 2.37. The first-order chi connectivity index (χ1) is 9.11. The Morgan fingerprint density at radius 3 is 2.79 bits per heavy atom. The largest absolute Gasteiger partial charge is 0.350 e. The Bertz CT molecular complexity index is 732. The van der Waals surface area contributed by atoms with Crippen LogP contribution in [0.15, 0.2) is 29.2 Å². The third-order valence-corrected chi connectivity index (χ3v) is 4.01. The van der Waals surface area contributed by atoms with Crippen molar-refractivity contribution in [2.75, 3.05) is 0 Å². The second-order valence-corrected chi connectivity index (χ2v) is 5.92. The molecule has 1 radical (unpaired) electrons. The summed E-state index contributed by atoms with van der Waals surface area (Å²) < 4.78 is 3.02. The van der Waals surface area contributed by atoms with Crippen LogP contribution in [-0.2, 0) is 0 Å². The van der Waals surface area contributed by atoms with Crippen molar-refractivity contribution in [3.8, 4) is 0 Å². The van der Waals surface area contributed by atoms with Crippen molar-refractivity contribution in [3.05, 3.63) is 50.8 Å². The first-order valence-corrected chi connectivity index (χ1v) is 7.11. The highest BCUT2D eigenvalue weighted by molar-refractivity contribution is 14.1. The van der Waals surface area contributed by atoms with E-state index in [9.17, 15) is 9.59 Å². The fourth-order valence-electron chi connectivity index (χ4n) is 2.24. The van der Waals surface area contributed by atoms with E-state index in [1.165, 1.54) is 0 Å². The van der Waals surface area contributed by atoms with E-state index >= 15 is 0 Å². The molecule has 1 N–H and O–H groups in total. The molecule has 5 heteroatoms. The van der Waals surface area contributed by atoms with Crippen molar-refractivity contribution >= 4 is 39.4 Å². The van der Waals surface area contributed by atoms with E-state index in [4.69, 9.17) is 0 Å². The molecule has 0 bridgehead atoms. The van der Waals surface area contributed by atoms with Gasteiger partial charge in [-0.1, -0.05) is 0 Å². The number of nitrogens with one attached hydrogen (secondary N) is 1. The van der Waals surface area contributed by atoms with E-state index in [0.29, 0.717) is 11.4 Å². The Labute approximate surface area is 123 Å². The molecule has 19 heavy (non-hydrogen) atoms. The van der Waals surface area contributed by atoms with Gasteiger partial charge in [0.1, 0.15) is 5.56 Å². The Morgan fingerprint density at radius 2 is 2.16 bits per heavy atom. The number of amides is 1. The first-order valence-electron chi connectivity index (χ1n) is 6.03. The van der Waals surface area contributed by atoms with Crippen molar-refractivity contribution in [3.63, 3.8) is 0 Å². The number of hydrogen-bond donors (Lipinski definition) is 1. The van der Waals surface area contributed by atoms with Gasteiger partial charge in [0.2, 0.25) is 5.43 Å². The zero-order valence-electron chi connectivity index (χ0n) is 10.1. The predicted molar refractivity (Wildman–Crippen MR) is 82.0 cm³/mol. The summed E-state index contributed by atoms with van der Waals surface area (Å²) in [4.78, 5) is 24.1. The molecule has 1 heterocycles. The van der Waals surface area contributed by atoms with Crippen LogP contribution in [0.25, 0.3) is 10.9 Å². The second kappa shape index (κ2) is 4.63. The van der Waals surface area contributed by atoms with Crippen molar-refractivity contribution in [2.45, 2.75) is 18.9 Å². The zero-order chi connectivity index (χ0) is 13.6. The van der Waals surface area contributed by atoms with Gasteiger partial charge >= 0.3 is 0 Å². The van der Waals surface area contributed by atoms with E-state index in [0.717, 1.165) is 21.9 Å². The van der Waals surface area contributed by atoms with Gasteiger partial charge < -0.3 is 9.88 Å². The van der Waals surface area contributed by atoms with Gasteiger partial charge in [-0.25, -0.2) is 0 Å². The Kier molecular flexibility index (Phi) is 3.08. The number of rotatable bonds is 2. The van der Waals surface area contributed by atoms with E-state index in [2.05, 4.69) is 35.0 Å². The molecule has 1 amide bonds. The van der Waals surface area contributed by atoms with Gasteiger partial charge in [-0.2, -0.15) is 0 Å². The van der Waals surface area contributed by atoms with Crippen molar-refractivity contribution in [2.24, 2.45) is 0 Å². The SMILES string of the molecule is [CH2]NC(=O)c1cn(C2CC2)c2ccc(I)cc2c1=O. The van der Waals surface area contributed by atoms with Crippen LogP contribution in [0, 0.1) is 10.6 Å². The van der Waals surface area contributed by atoms with Crippen LogP contribution in [0.5, 0.6) is 0 Å². The molecule has 0 aliphatic heterocycles. The number of pyridine rings is 1. The Balaban J connectivity index is 2.37. The fourth-order valence-corrected chi connectivity index (χ4v) is 2.73. The second-order valence-electron chi connectivity index (χ2n) is 4.68. The molecule has 1 aliphatic rings. The van der Waals surface area contributed by atoms with Gasteiger partial charge in [-0.05, 0) is 53.6 Å². The molecule has 0 atom stereocenters. The molecule has 1 aliphatic carbocycles. The van der Waals surface area contributed by atoms with Crippen LogP contribution in [0.2, 0.25) is 0 Å². The zero-order valence-corrected chi connectivity index (χ0v) is 12.3. The number of hydrogen-bond acceptors (Lipinski definition) is 2. The summed E-state index contributed by atoms with van der Waals surface area (Å²) in [7, 11) is 3.34. The van der Waals surface area contributed by atoms with Gasteiger partial charge in [0, 0.05) is 28.2 Å². The van der Waals surface area contributed by atoms with Crippen LogP contribution >= 0.6 is 22.6 Å². The summed E-state index contributed by atoms with van der Waals surface area (Å²) in [5.41, 5.74) is 0.830. The highest BCUT2D eigenvalue weighted by Gasteiger charge is 2.26. The number of benzene rings is 1. The third kappa shape index (κ3) is 2.16. The van der Waals surface area contributed by atoms with Crippen molar-refractivity contribution < 1.29 is 4.79 Å². The standard InChI is InChI=1S/C14H12IN2O2/c1-16-14(19)11-7-17(9-3-4-9)12-5-2-8(15)6-10(12)13(11)18/h2,5-7,9H,1,3-4H2,(H,16,19). The van der Waals surface area contributed by atoms with Gasteiger partial charge in [0.05, 0.1) is 5.52 Å². The van der Waals surface area contributed by atoms with Crippen LogP contribution in [-0.4, -0.2) is 10.5 Å². The normalized spacial score (nSPS) is 14.6. The maximum Gasteiger partial charge on any atom is 0.256 e. The summed E-state index contributed by atoms with van der Waals surface area (Å²) in [5.74, 6) is -0.430. The van der Waals surface area contributed by atoms with Crippen LogP contribution in [0.4, 0.5) is 0 Å².